The largest absolute Gasteiger partial charge is 0.393 e. The summed E-state index contributed by atoms with van der Waals surface area (Å²) < 4.78 is 2.01. The summed E-state index contributed by atoms with van der Waals surface area (Å²) in [5.41, 5.74) is 3.08. The van der Waals surface area contributed by atoms with Gasteiger partial charge in [0.25, 0.3) is 0 Å². The van der Waals surface area contributed by atoms with Gasteiger partial charge in [0.05, 0.1) is 11.8 Å². The topological polar surface area (TPSA) is 78.7 Å². The van der Waals surface area contributed by atoms with Crippen molar-refractivity contribution >= 4 is 11.7 Å². The standard InChI is InChI=1S/C18H26N4O2/c1-13-4-3-9-22-12-15(21-17(13)22)7-8-19-18(24)20-11-14-5-2-6-16(23)10-14/h3-4,9,12,14,16,23H,2,5-8,10-11H2,1H3,(H2,19,20,24). The molecule has 2 heterocycles. The van der Waals surface area contributed by atoms with Crippen LogP contribution >= 0.6 is 0 Å². The number of amides is 2. The van der Waals surface area contributed by atoms with Crippen molar-refractivity contribution in [1.29, 1.82) is 0 Å². The molecule has 0 aliphatic heterocycles. The molecule has 24 heavy (non-hydrogen) atoms. The molecule has 0 spiro atoms. The summed E-state index contributed by atoms with van der Waals surface area (Å²) in [7, 11) is 0. The first-order valence-electron chi connectivity index (χ1n) is 8.75. The minimum absolute atomic E-state index is 0.144. The van der Waals surface area contributed by atoms with E-state index in [-0.39, 0.29) is 12.1 Å². The molecule has 2 aromatic heterocycles. The number of nitrogens with zero attached hydrogens (tertiary/aromatic N) is 2. The molecule has 2 amide bonds. The van der Waals surface area contributed by atoms with Crippen molar-refractivity contribution < 1.29 is 9.90 Å². The van der Waals surface area contributed by atoms with E-state index in [1.807, 2.05) is 35.9 Å². The van der Waals surface area contributed by atoms with Crippen LogP contribution in [0.3, 0.4) is 0 Å². The highest BCUT2D eigenvalue weighted by molar-refractivity contribution is 5.73. The Morgan fingerprint density at radius 2 is 2.29 bits per heavy atom. The van der Waals surface area contributed by atoms with E-state index in [4.69, 9.17) is 0 Å². The first kappa shape index (κ1) is 16.8. The van der Waals surface area contributed by atoms with E-state index in [9.17, 15) is 9.90 Å². The van der Waals surface area contributed by atoms with Crippen LogP contribution in [-0.4, -0.2) is 39.7 Å². The zero-order valence-electron chi connectivity index (χ0n) is 14.2. The third-order valence-electron chi connectivity index (χ3n) is 4.70. The molecule has 2 unspecified atom stereocenters. The van der Waals surface area contributed by atoms with Crippen molar-refractivity contribution in [3.63, 3.8) is 0 Å². The van der Waals surface area contributed by atoms with Crippen LogP contribution in [-0.2, 0) is 6.42 Å². The number of imidazole rings is 1. The van der Waals surface area contributed by atoms with Crippen molar-refractivity contribution in [2.45, 2.75) is 45.1 Å². The van der Waals surface area contributed by atoms with Gasteiger partial charge in [-0.25, -0.2) is 9.78 Å². The number of nitrogens with one attached hydrogen (secondary N) is 2. The summed E-state index contributed by atoms with van der Waals surface area (Å²) in [6.45, 7) is 3.23. The lowest BCUT2D eigenvalue weighted by atomic mass is 9.87. The molecule has 1 saturated carbocycles. The fraction of sp³-hybridized carbons (Fsp3) is 0.556. The molecular formula is C18H26N4O2. The zero-order chi connectivity index (χ0) is 16.9. The Hall–Kier alpha value is -2.08. The van der Waals surface area contributed by atoms with Gasteiger partial charge >= 0.3 is 6.03 Å². The maximum atomic E-state index is 11.9. The maximum absolute atomic E-state index is 11.9. The van der Waals surface area contributed by atoms with Crippen molar-refractivity contribution in [3.05, 3.63) is 35.8 Å². The third kappa shape index (κ3) is 4.26. The van der Waals surface area contributed by atoms with Crippen LogP contribution in [0.15, 0.2) is 24.5 Å². The molecule has 1 aliphatic carbocycles. The summed E-state index contributed by atoms with van der Waals surface area (Å²) in [6.07, 6.45) is 8.30. The second-order valence-electron chi connectivity index (χ2n) is 6.73. The Morgan fingerprint density at radius 1 is 1.42 bits per heavy atom. The van der Waals surface area contributed by atoms with Crippen LogP contribution < -0.4 is 10.6 Å². The van der Waals surface area contributed by atoms with E-state index < -0.39 is 0 Å². The number of urea groups is 1. The molecule has 0 saturated heterocycles. The number of rotatable bonds is 5. The van der Waals surface area contributed by atoms with Gasteiger partial charge in [0.1, 0.15) is 5.65 Å². The molecule has 0 bridgehead atoms. The van der Waals surface area contributed by atoms with E-state index in [0.717, 1.165) is 42.6 Å². The number of carbonyl (C=O) groups excluding carboxylic acids is 1. The van der Waals surface area contributed by atoms with E-state index in [1.54, 1.807) is 0 Å². The van der Waals surface area contributed by atoms with Crippen LogP contribution in [0.2, 0.25) is 0 Å². The monoisotopic (exact) mass is 330 g/mol. The maximum Gasteiger partial charge on any atom is 0.314 e. The molecule has 1 aliphatic rings. The van der Waals surface area contributed by atoms with Gasteiger partial charge in [0.15, 0.2) is 0 Å². The first-order valence-corrected chi connectivity index (χ1v) is 8.75. The fourth-order valence-electron chi connectivity index (χ4n) is 3.38. The van der Waals surface area contributed by atoms with Crippen molar-refractivity contribution in [1.82, 2.24) is 20.0 Å². The first-order chi connectivity index (χ1) is 11.6. The van der Waals surface area contributed by atoms with Crippen molar-refractivity contribution in [3.8, 4) is 0 Å². The molecule has 0 radical (unpaired) electrons. The van der Waals surface area contributed by atoms with Gasteiger partial charge in [-0.05, 0) is 43.7 Å². The summed E-state index contributed by atoms with van der Waals surface area (Å²) in [5.74, 6) is 0.390. The molecule has 3 N–H and O–H groups in total. The average Bonchev–Trinajstić information content (AvgIpc) is 2.97. The minimum Gasteiger partial charge on any atom is -0.393 e. The van der Waals surface area contributed by atoms with Crippen LogP contribution in [0.4, 0.5) is 4.79 Å². The van der Waals surface area contributed by atoms with Crippen LogP contribution in [0.5, 0.6) is 0 Å². The van der Waals surface area contributed by atoms with Crippen molar-refractivity contribution in [2.24, 2.45) is 5.92 Å². The smallest absolute Gasteiger partial charge is 0.314 e. The Labute approximate surface area is 142 Å². The molecule has 0 aromatic carbocycles. The third-order valence-corrected chi connectivity index (χ3v) is 4.70. The Kier molecular flexibility index (Phi) is 5.35. The summed E-state index contributed by atoms with van der Waals surface area (Å²) in [6, 6.07) is 3.90. The highest BCUT2D eigenvalue weighted by Crippen LogP contribution is 2.23. The number of aliphatic hydroxyl groups is 1. The number of pyridine rings is 1. The number of carbonyl (C=O) groups is 1. The summed E-state index contributed by atoms with van der Waals surface area (Å²) >= 11 is 0. The Morgan fingerprint density at radius 3 is 3.08 bits per heavy atom. The molecular weight excluding hydrogens is 304 g/mol. The number of aliphatic hydroxyl groups excluding tert-OH is 1. The van der Waals surface area contributed by atoms with Gasteiger partial charge in [-0.3, -0.25) is 0 Å². The fourth-order valence-corrected chi connectivity index (χ4v) is 3.38. The van der Waals surface area contributed by atoms with Gasteiger partial charge in [0.2, 0.25) is 0 Å². The number of hydrogen-bond acceptors (Lipinski definition) is 3. The predicted octanol–water partition coefficient (Wildman–Crippen LogP) is 2.04. The second-order valence-corrected chi connectivity index (χ2v) is 6.73. The number of hydrogen-bond donors (Lipinski definition) is 3. The molecule has 6 nitrogen and oxygen atoms in total. The molecule has 130 valence electrons. The lowest BCUT2D eigenvalue weighted by Gasteiger charge is -2.25. The van der Waals surface area contributed by atoms with Gasteiger partial charge < -0.3 is 20.1 Å². The Bertz CT molecular complexity index is 697. The minimum atomic E-state index is -0.202. The number of aromatic nitrogens is 2. The van der Waals surface area contributed by atoms with Crippen LogP contribution in [0, 0.1) is 12.8 Å². The SMILES string of the molecule is Cc1cccn2cc(CCNC(=O)NCC3CCCC(O)C3)nc12. The average molecular weight is 330 g/mol. The van der Waals surface area contributed by atoms with E-state index in [0.29, 0.717) is 25.4 Å². The summed E-state index contributed by atoms with van der Waals surface area (Å²) in [5, 5.41) is 15.4. The van der Waals surface area contributed by atoms with Crippen LogP contribution in [0.1, 0.15) is 36.9 Å². The number of fused-ring (bicyclic) bond motifs is 1. The van der Waals surface area contributed by atoms with Gasteiger partial charge in [-0.2, -0.15) is 0 Å². The molecule has 2 aromatic rings. The van der Waals surface area contributed by atoms with E-state index in [1.165, 1.54) is 0 Å². The van der Waals surface area contributed by atoms with Gasteiger partial charge in [-0.15, -0.1) is 0 Å². The summed E-state index contributed by atoms with van der Waals surface area (Å²) in [4.78, 5) is 16.5. The normalized spacial score (nSPS) is 20.9. The number of aryl methyl sites for hydroxylation is 1. The Balaban J connectivity index is 1.40. The highest BCUT2D eigenvalue weighted by atomic mass is 16.3. The van der Waals surface area contributed by atoms with Gasteiger partial charge in [0, 0.05) is 31.9 Å². The molecule has 1 fully saturated rings. The van der Waals surface area contributed by atoms with E-state index >= 15 is 0 Å². The molecule has 2 atom stereocenters. The zero-order valence-corrected chi connectivity index (χ0v) is 14.2. The lowest BCUT2D eigenvalue weighted by molar-refractivity contribution is 0.101. The lowest BCUT2D eigenvalue weighted by Crippen LogP contribution is -2.40. The molecule has 3 rings (SSSR count). The van der Waals surface area contributed by atoms with Crippen molar-refractivity contribution in [2.75, 3.05) is 13.1 Å². The molecule has 6 heteroatoms. The second kappa shape index (κ2) is 7.66. The quantitative estimate of drug-likeness (QED) is 0.785. The predicted molar refractivity (Wildman–Crippen MR) is 93.0 cm³/mol. The van der Waals surface area contributed by atoms with Crippen LogP contribution in [0.25, 0.3) is 5.65 Å². The highest BCUT2D eigenvalue weighted by Gasteiger charge is 2.20. The van der Waals surface area contributed by atoms with E-state index in [2.05, 4.69) is 15.6 Å². The van der Waals surface area contributed by atoms with Gasteiger partial charge in [-0.1, -0.05) is 12.5 Å².